The topological polar surface area (TPSA) is 52.6 Å². The summed E-state index contributed by atoms with van der Waals surface area (Å²) >= 11 is 0. The third kappa shape index (κ3) is 7.20. The standard InChI is InChI=1S/C22H33N5.HI/c1-2-23-22(25-13-9-17-27-15-7-3-4-8-16-27)26-18-21-20-11-6-5-10-19(20)12-14-24-21;/h5-6,10-12,14H,2-4,7-9,13,15-18H2,1H3,(H2,23,25,26);1H. The molecular formula is C22H34IN5. The normalized spacial score (nSPS) is 15.7. The first-order valence-electron chi connectivity index (χ1n) is 10.4. The first-order chi connectivity index (χ1) is 13.4. The lowest BCUT2D eigenvalue weighted by Gasteiger charge is -2.20. The van der Waals surface area contributed by atoms with Gasteiger partial charge in [0, 0.05) is 24.7 Å². The maximum Gasteiger partial charge on any atom is 0.191 e. The van der Waals surface area contributed by atoms with E-state index in [-0.39, 0.29) is 24.0 Å². The van der Waals surface area contributed by atoms with Crippen LogP contribution in [0.1, 0.15) is 44.7 Å². The van der Waals surface area contributed by atoms with E-state index in [1.165, 1.54) is 56.1 Å². The molecule has 0 saturated carbocycles. The average Bonchev–Trinajstić information content (AvgIpc) is 2.98. The minimum absolute atomic E-state index is 0. The van der Waals surface area contributed by atoms with Gasteiger partial charge in [0.2, 0.25) is 0 Å². The number of nitrogens with one attached hydrogen (secondary N) is 2. The van der Waals surface area contributed by atoms with Crippen molar-refractivity contribution in [1.29, 1.82) is 0 Å². The number of hydrogen-bond acceptors (Lipinski definition) is 3. The maximum atomic E-state index is 4.75. The number of rotatable bonds is 7. The van der Waals surface area contributed by atoms with E-state index >= 15 is 0 Å². The van der Waals surface area contributed by atoms with Gasteiger partial charge in [-0.2, -0.15) is 0 Å². The highest BCUT2D eigenvalue weighted by Gasteiger charge is 2.08. The van der Waals surface area contributed by atoms with Crippen molar-refractivity contribution in [1.82, 2.24) is 20.5 Å². The zero-order valence-electron chi connectivity index (χ0n) is 17.0. The van der Waals surface area contributed by atoms with Crippen molar-refractivity contribution in [3.05, 3.63) is 42.2 Å². The van der Waals surface area contributed by atoms with Crippen LogP contribution in [0.25, 0.3) is 10.8 Å². The van der Waals surface area contributed by atoms with Gasteiger partial charge >= 0.3 is 0 Å². The summed E-state index contributed by atoms with van der Waals surface area (Å²) in [6.45, 7) is 8.21. The molecule has 1 saturated heterocycles. The lowest BCUT2D eigenvalue weighted by molar-refractivity contribution is 0.282. The number of hydrogen-bond donors (Lipinski definition) is 2. The molecule has 2 aromatic rings. The maximum absolute atomic E-state index is 4.75. The van der Waals surface area contributed by atoms with E-state index in [0.29, 0.717) is 6.54 Å². The van der Waals surface area contributed by atoms with E-state index in [1.807, 2.05) is 6.20 Å². The van der Waals surface area contributed by atoms with Crippen LogP contribution < -0.4 is 10.6 Å². The third-order valence-corrected chi connectivity index (χ3v) is 5.13. The van der Waals surface area contributed by atoms with Crippen LogP contribution in [0.3, 0.4) is 0 Å². The van der Waals surface area contributed by atoms with Gasteiger partial charge in [-0.15, -0.1) is 24.0 Å². The molecule has 1 aromatic carbocycles. The molecule has 6 heteroatoms. The van der Waals surface area contributed by atoms with Crippen molar-refractivity contribution in [3.63, 3.8) is 0 Å². The Morgan fingerprint density at radius 3 is 2.64 bits per heavy atom. The van der Waals surface area contributed by atoms with E-state index in [9.17, 15) is 0 Å². The van der Waals surface area contributed by atoms with Crippen LogP contribution in [0, 0.1) is 0 Å². The number of nitrogens with zero attached hydrogens (tertiary/aromatic N) is 3. The molecule has 1 fully saturated rings. The molecular weight excluding hydrogens is 461 g/mol. The van der Waals surface area contributed by atoms with Gasteiger partial charge in [0.05, 0.1) is 12.2 Å². The predicted octanol–water partition coefficient (Wildman–Crippen LogP) is 4.17. The Labute approximate surface area is 186 Å². The van der Waals surface area contributed by atoms with Gasteiger partial charge in [-0.1, -0.05) is 37.1 Å². The third-order valence-electron chi connectivity index (χ3n) is 5.13. The van der Waals surface area contributed by atoms with E-state index in [2.05, 4.69) is 57.8 Å². The Morgan fingerprint density at radius 1 is 1.07 bits per heavy atom. The van der Waals surface area contributed by atoms with Crippen LogP contribution >= 0.6 is 24.0 Å². The molecule has 0 bridgehead atoms. The second kappa shape index (κ2) is 12.9. The molecule has 1 aliphatic heterocycles. The van der Waals surface area contributed by atoms with Crippen molar-refractivity contribution < 1.29 is 0 Å². The fraction of sp³-hybridized carbons (Fsp3) is 0.545. The molecule has 0 unspecified atom stereocenters. The number of fused-ring (bicyclic) bond motifs is 1. The summed E-state index contributed by atoms with van der Waals surface area (Å²) in [4.78, 5) is 11.9. The molecule has 1 aromatic heterocycles. The molecule has 3 rings (SSSR count). The number of aliphatic imine (C=N–C) groups is 1. The van der Waals surface area contributed by atoms with Crippen LogP contribution in [0.15, 0.2) is 41.5 Å². The molecule has 28 heavy (non-hydrogen) atoms. The van der Waals surface area contributed by atoms with Gasteiger partial charge in [0.1, 0.15) is 0 Å². The van der Waals surface area contributed by atoms with Gasteiger partial charge in [0.15, 0.2) is 5.96 Å². The molecule has 1 aliphatic rings. The summed E-state index contributed by atoms with van der Waals surface area (Å²) in [5, 5.41) is 9.22. The van der Waals surface area contributed by atoms with Crippen LogP contribution in [0.2, 0.25) is 0 Å². The number of aromatic nitrogens is 1. The first-order valence-corrected chi connectivity index (χ1v) is 10.4. The SMILES string of the molecule is CCNC(=NCc1nccc2ccccc12)NCCCN1CCCCCC1.I. The fourth-order valence-electron chi connectivity index (χ4n) is 3.67. The van der Waals surface area contributed by atoms with E-state index in [4.69, 9.17) is 4.99 Å². The molecule has 0 amide bonds. The van der Waals surface area contributed by atoms with E-state index in [0.717, 1.165) is 31.2 Å². The minimum atomic E-state index is 0. The molecule has 2 heterocycles. The number of pyridine rings is 1. The fourth-order valence-corrected chi connectivity index (χ4v) is 3.67. The summed E-state index contributed by atoms with van der Waals surface area (Å²) in [6, 6.07) is 10.4. The van der Waals surface area contributed by atoms with Crippen LogP contribution in [0.4, 0.5) is 0 Å². The average molecular weight is 495 g/mol. The number of likely N-dealkylation sites (tertiary alicyclic amines) is 1. The lowest BCUT2D eigenvalue weighted by atomic mass is 10.1. The van der Waals surface area contributed by atoms with Gasteiger partial charge in [-0.25, -0.2) is 4.99 Å². The largest absolute Gasteiger partial charge is 0.357 e. The van der Waals surface area contributed by atoms with Gasteiger partial charge in [-0.3, -0.25) is 4.98 Å². The highest BCUT2D eigenvalue weighted by Crippen LogP contribution is 2.16. The number of benzene rings is 1. The lowest BCUT2D eigenvalue weighted by Crippen LogP contribution is -2.39. The smallest absolute Gasteiger partial charge is 0.191 e. The summed E-state index contributed by atoms with van der Waals surface area (Å²) in [7, 11) is 0. The van der Waals surface area contributed by atoms with Crippen LogP contribution in [0.5, 0.6) is 0 Å². The quantitative estimate of drug-likeness (QED) is 0.262. The van der Waals surface area contributed by atoms with E-state index < -0.39 is 0 Å². The van der Waals surface area contributed by atoms with E-state index in [1.54, 1.807) is 0 Å². The summed E-state index contributed by atoms with van der Waals surface area (Å²) in [6.07, 6.45) is 8.53. The van der Waals surface area contributed by atoms with Gasteiger partial charge in [0.25, 0.3) is 0 Å². The highest BCUT2D eigenvalue weighted by atomic mass is 127. The Kier molecular flexibility index (Phi) is 10.6. The van der Waals surface area contributed by atoms with Crippen LogP contribution in [-0.2, 0) is 6.54 Å². The van der Waals surface area contributed by atoms with Gasteiger partial charge < -0.3 is 15.5 Å². The molecule has 0 atom stereocenters. The number of guanidine groups is 1. The highest BCUT2D eigenvalue weighted by molar-refractivity contribution is 14.0. The Morgan fingerprint density at radius 2 is 1.86 bits per heavy atom. The van der Waals surface area contributed by atoms with Crippen molar-refractivity contribution in [2.45, 2.75) is 45.6 Å². The molecule has 0 spiro atoms. The van der Waals surface area contributed by atoms with Crippen molar-refractivity contribution in [2.24, 2.45) is 4.99 Å². The van der Waals surface area contributed by atoms with Crippen molar-refractivity contribution in [2.75, 3.05) is 32.7 Å². The van der Waals surface area contributed by atoms with Gasteiger partial charge in [-0.05, 0) is 57.3 Å². The molecule has 0 radical (unpaired) electrons. The second-order valence-electron chi connectivity index (χ2n) is 7.21. The molecule has 5 nitrogen and oxygen atoms in total. The summed E-state index contributed by atoms with van der Waals surface area (Å²) in [5.41, 5.74) is 1.02. The zero-order chi connectivity index (χ0) is 18.7. The first kappa shape index (κ1) is 22.9. The minimum Gasteiger partial charge on any atom is -0.357 e. The Bertz CT molecular complexity index is 720. The van der Waals surface area contributed by atoms with Crippen LogP contribution in [-0.4, -0.2) is 48.6 Å². The zero-order valence-corrected chi connectivity index (χ0v) is 19.3. The van der Waals surface area contributed by atoms with Crippen molar-refractivity contribution in [3.8, 4) is 0 Å². The second-order valence-corrected chi connectivity index (χ2v) is 7.21. The molecule has 0 aliphatic carbocycles. The monoisotopic (exact) mass is 495 g/mol. The summed E-state index contributed by atoms with van der Waals surface area (Å²) in [5.74, 6) is 0.878. The predicted molar refractivity (Wildman–Crippen MR) is 130 cm³/mol. The molecule has 2 N–H and O–H groups in total. The molecule has 154 valence electrons. The number of halogens is 1. The summed E-state index contributed by atoms with van der Waals surface area (Å²) < 4.78 is 0. The van der Waals surface area contributed by atoms with Crippen molar-refractivity contribution >= 4 is 40.7 Å². The Balaban J connectivity index is 0.00000280. The Hall–Kier alpha value is -1.41.